The van der Waals surface area contributed by atoms with Crippen LogP contribution in [0.25, 0.3) is 0 Å². The van der Waals surface area contributed by atoms with Crippen LogP contribution >= 0.6 is 0 Å². The Bertz CT molecular complexity index is 783. The van der Waals surface area contributed by atoms with Gasteiger partial charge in [-0.25, -0.2) is 0 Å². The highest BCUT2D eigenvalue weighted by Gasteiger charge is 2.28. The molecule has 1 aromatic carbocycles. The van der Waals surface area contributed by atoms with Gasteiger partial charge in [-0.2, -0.15) is 0 Å². The molecule has 118 valence electrons. The quantitative estimate of drug-likeness (QED) is 0.878. The number of anilines is 1. The van der Waals surface area contributed by atoms with Crippen LogP contribution in [0.1, 0.15) is 47.3 Å². The third-order valence-electron chi connectivity index (χ3n) is 4.37. The molecule has 0 saturated heterocycles. The summed E-state index contributed by atoms with van der Waals surface area (Å²) in [4.78, 5) is 24.4. The van der Waals surface area contributed by atoms with Crippen LogP contribution in [0.2, 0.25) is 0 Å². The molecule has 0 saturated carbocycles. The molecule has 23 heavy (non-hydrogen) atoms. The number of para-hydroxylation sites is 1. The zero-order chi connectivity index (χ0) is 15.8. The number of amides is 2. The molecule has 2 aromatic rings. The fourth-order valence-electron chi connectivity index (χ4n) is 3.24. The highest BCUT2D eigenvalue weighted by molar-refractivity contribution is 5.96. The van der Waals surface area contributed by atoms with Crippen molar-refractivity contribution < 1.29 is 9.59 Å². The van der Waals surface area contributed by atoms with E-state index in [1.165, 1.54) is 0 Å². The summed E-state index contributed by atoms with van der Waals surface area (Å²) >= 11 is 0. The molecule has 1 aromatic heterocycles. The first-order valence-corrected chi connectivity index (χ1v) is 7.84. The van der Waals surface area contributed by atoms with E-state index in [2.05, 4.69) is 20.8 Å². The summed E-state index contributed by atoms with van der Waals surface area (Å²) < 4.78 is 1.88. The first-order chi connectivity index (χ1) is 11.2. The molecular formula is C16H17N5O2. The van der Waals surface area contributed by atoms with Gasteiger partial charge >= 0.3 is 0 Å². The average Bonchev–Trinajstić information content (AvgIpc) is 2.99. The van der Waals surface area contributed by atoms with Crippen LogP contribution in [-0.2, 0) is 17.8 Å². The molecule has 2 aliphatic heterocycles. The van der Waals surface area contributed by atoms with Gasteiger partial charge in [-0.15, -0.1) is 10.2 Å². The third kappa shape index (κ3) is 2.48. The van der Waals surface area contributed by atoms with E-state index in [1.807, 2.05) is 28.8 Å². The predicted molar refractivity (Wildman–Crippen MR) is 82.9 cm³/mol. The molecule has 0 unspecified atom stereocenters. The van der Waals surface area contributed by atoms with Gasteiger partial charge in [0, 0.05) is 18.7 Å². The fraction of sp³-hybridized carbons (Fsp3) is 0.375. The smallest absolute Gasteiger partial charge is 0.289 e. The topological polar surface area (TPSA) is 88.9 Å². The highest BCUT2D eigenvalue weighted by atomic mass is 16.2. The van der Waals surface area contributed by atoms with Crippen LogP contribution in [0.3, 0.4) is 0 Å². The number of nitrogens with one attached hydrogen (secondary N) is 2. The maximum absolute atomic E-state index is 12.6. The summed E-state index contributed by atoms with van der Waals surface area (Å²) in [5.74, 6) is 0.823. The van der Waals surface area contributed by atoms with Crippen molar-refractivity contribution in [3.8, 4) is 0 Å². The van der Waals surface area contributed by atoms with E-state index in [0.29, 0.717) is 5.82 Å². The Morgan fingerprint density at radius 3 is 3.04 bits per heavy atom. The SMILES string of the molecule is O=C1C[C@@H](NC(=O)c2nnc3n2CCCC3)c2ccccc2N1. The molecular weight excluding hydrogens is 294 g/mol. The van der Waals surface area contributed by atoms with Crippen LogP contribution in [0.4, 0.5) is 5.69 Å². The summed E-state index contributed by atoms with van der Waals surface area (Å²) in [7, 11) is 0. The van der Waals surface area contributed by atoms with Gasteiger partial charge in [0.2, 0.25) is 11.7 Å². The predicted octanol–water partition coefficient (Wildman–Crippen LogP) is 1.43. The Balaban J connectivity index is 1.60. The highest BCUT2D eigenvalue weighted by Crippen LogP contribution is 2.30. The molecule has 0 bridgehead atoms. The van der Waals surface area contributed by atoms with E-state index < -0.39 is 0 Å². The maximum atomic E-state index is 12.6. The van der Waals surface area contributed by atoms with Crippen molar-refractivity contribution in [2.24, 2.45) is 0 Å². The Hall–Kier alpha value is -2.70. The maximum Gasteiger partial charge on any atom is 0.289 e. The van der Waals surface area contributed by atoms with Crippen LogP contribution in [-0.4, -0.2) is 26.6 Å². The lowest BCUT2D eigenvalue weighted by molar-refractivity contribution is -0.116. The van der Waals surface area contributed by atoms with Gasteiger partial charge in [0.15, 0.2) is 0 Å². The average molecular weight is 311 g/mol. The molecule has 0 radical (unpaired) electrons. The van der Waals surface area contributed by atoms with Crippen molar-refractivity contribution in [1.82, 2.24) is 20.1 Å². The van der Waals surface area contributed by atoms with Gasteiger partial charge in [0.1, 0.15) is 5.82 Å². The van der Waals surface area contributed by atoms with Crippen LogP contribution in [0.15, 0.2) is 24.3 Å². The molecule has 0 aliphatic carbocycles. The Morgan fingerprint density at radius 2 is 2.13 bits per heavy atom. The molecule has 2 aliphatic rings. The number of carbonyl (C=O) groups excluding carboxylic acids is 2. The Labute approximate surface area is 133 Å². The van der Waals surface area contributed by atoms with Crippen LogP contribution < -0.4 is 10.6 Å². The number of hydrogen-bond donors (Lipinski definition) is 2. The molecule has 0 spiro atoms. The van der Waals surface area contributed by atoms with E-state index >= 15 is 0 Å². The lowest BCUT2D eigenvalue weighted by Crippen LogP contribution is -2.36. The van der Waals surface area contributed by atoms with Gasteiger partial charge in [0.25, 0.3) is 5.91 Å². The minimum Gasteiger partial charge on any atom is -0.342 e. The summed E-state index contributed by atoms with van der Waals surface area (Å²) in [5.41, 5.74) is 1.66. The van der Waals surface area contributed by atoms with Crippen LogP contribution in [0, 0.1) is 0 Å². The second-order valence-electron chi connectivity index (χ2n) is 5.91. The second kappa shape index (κ2) is 5.49. The number of aryl methyl sites for hydroxylation is 1. The minimum absolute atomic E-state index is 0.0997. The molecule has 3 heterocycles. The molecule has 0 fully saturated rings. The normalized spacial score (nSPS) is 19.5. The van der Waals surface area contributed by atoms with Crippen molar-refractivity contribution in [1.29, 1.82) is 0 Å². The Morgan fingerprint density at radius 1 is 1.26 bits per heavy atom. The number of hydrogen-bond acceptors (Lipinski definition) is 4. The molecule has 2 N–H and O–H groups in total. The van der Waals surface area contributed by atoms with Crippen molar-refractivity contribution >= 4 is 17.5 Å². The van der Waals surface area contributed by atoms with E-state index in [0.717, 1.165) is 42.9 Å². The zero-order valence-electron chi connectivity index (χ0n) is 12.6. The van der Waals surface area contributed by atoms with E-state index in [-0.39, 0.29) is 24.3 Å². The standard InChI is InChI=1S/C16H17N5O2/c22-14-9-12(10-5-1-2-6-11(10)17-14)18-16(23)15-20-19-13-7-3-4-8-21(13)15/h1-2,5-6,12H,3-4,7-9H2,(H,17,22)(H,18,23)/t12-/m1/s1. The van der Waals surface area contributed by atoms with E-state index in [9.17, 15) is 9.59 Å². The second-order valence-corrected chi connectivity index (χ2v) is 5.91. The monoisotopic (exact) mass is 311 g/mol. The number of carbonyl (C=O) groups is 2. The van der Waals surface area contributed by atoms with Gasteiger partial charge in [-0.05, 0) is 24.5 Å². The molecule has 4 rings (SSSR count). The minimum atomic E-state index is -0.344. The number of fused-ring (bicyclic) bond motifs is 2. The molecule has 7 nitrogen and oxygen atoms in total. The lowest BCUT2D eigenvalue weighted by Gasteiger charge is -2.26. The fourth-order valence-corrected chi connectivity index (χ4v) is 3.24. The zero-order valence-corrected chi connectivity index (χ0v) is 12.6. The summed E-state index contributed by atoms with van der Waals surface area (Å²) in [5, 5.41) is 13.9. The largest absolute Gasteiger partial charge is 0.342 e. The number of nitrogens with zero attached hydrogens (tertiary/aromatic N) is 3. The molecule has 2 amide bonds. The summed E-state index contributed by atoms with van der Waals surface area (Å²) in [6.07, 6.45) is 3.19. The number of aromatic nitrogens is 3. The molecule has 1 atom stereocenters. The third-order valence-corrected chi connectivity index (χ3v) is 4.37. The van der Waals surface area contributed by atoms with E-state index in [1.54, 1.807) is 0 Å². The first kappa shape index (κ1) is 13.9. The molecule has 7 heteroatoms. The van der Waals surface area contributed by atoms with Crippen molar-refractivity contribution in [2.75, 3.05) is 5.32 Å². The van der Waals surface area contributed by atoms with Gasteiger partial charge < -0.3 is 15.2 Å². The van der Waals surface area contributed by atoms with Gasteiger partial charge in [0.05, 0.1) is 12.5 Å². The number of rotatable bonds is 2. The van der Waals surface area contributed by atoms with Crippen molar-refractivity contribution in [2.45, 2.75) is 38.3 Å². The summed E-state index contributed by atoms with van der Waals surface area (Å²) in [6.45, 7) is 0.771. The number of benzene rings is 1. The van der Waals surface area contributed by atoms with Gasteiger partial charge in [-0.1, -0.05) is 18.2 Å². The van der Waals surface area contributed by atoms with Gasteiger partial charge in [-0.3, -0.25) is 9.59 Å². The lowest BCUT2D eigenvalue weighted by atomic mass is 9.97. The van der Waals surface area contributed by atoms with Crippen molar-refractivity contribution in [3.63, 3.8) is 0 Å². The first-order valence-electron chi connectivity index (χ1n) is 7.84. The summed E-state index contributed by atoms with van der Waals surface area (Å²) in [6, 6.07) is 7.17. The Kier molecular flexibility index (Phi) is 3.33. The van der Waals surface area contributed by atoms with E-state index in [4.69, 9.17) is 0 Å². The van der Waals surface area contributed by atoms with Crippen LogP contribution in [0.5, 0.6) is 0 Å². The van der Waals surface area contributed by atoms with Crippen molar-refractivity contribution in [3.05, 3.63) is 41.5 Å².